The zero-order valence-electron chi connectivity index (χ0n) is 17.1. The van der Waals surface area contributed by atoms with Gasteiger partial charge >= 0.3 is 6.61 Å². The second kappa shape index (κ2) is 9.22. The van der Waals surface area contributed by atoms with Gasteiger partial charge in [0, 0.05) is 27.6 Å². The first-order chi connectivity index (χ1) is 14.6. The first kappa shape index (κ1) is 22.4. The molecule has 6 nitrogen and oxygen atoms in total. The molecule has 1 aromatic heterocycles. The predicted octanol–water partition coefficient (Wildman–Crippen LogP) is 5.65. The second-order valence-corrected chi connectivity index (χ2v) is 8.51. The normalized spacial score (nSPS) is 11.3. The summed E-state index contributed by atoms with van der Waals surface area (Å²) in [6.45, 7) is 2.43. The van der Waals surface area contributed by atoms with Crippen molar-refractivity contribution in [2.75, 3.05) is 10.6 Å². The van der Waals surface area contributed by atoms with Crippen LogP contribution < -0.4 is 15.4 Å². The van der Waals surface area contributed by atoms with Crippen LogP contribution in [-0.2, 0) is 4.79 Å². The molecule has 0 unspecified atom stereocenters. The van der Waals surface area contributed by atoms with Crippen molar-refractivity contribution in [1.82, 2.24) is 4.98 Å². The number of nitrogens with one attached hydrogen (secondary N) is 2. The number of hydrogen-bond donors (Lipinski definition) is 2. The zero-order valence-corrected chi connectivity index (χ0v) is 17.9. The highest BCUT2D eigenvalue weighted by Crippen LogP contribution is 2.33. The molecule has 2 N–H and O–H groups in total. The van der Waals surface area contributed by atoms with E-state index in [-0.39, 0.29) is 11.7 Å². The van der Waals surface area contributed by atoms with E-state index in [1.54, 1.807) is 68.6 Å². The van der Waals surface area contributed by atoms with Gasteiger partial charge in [-0.05, 0) is 30.3 Å². The molecule has 1 heterocycles. The minimum atomic E-state index is -2.95. The molecule has 2 amide bonds. The van der Waals surface area contributed by atoms with Crippen molar-refractivity contribution >= 4 is 34.0 Å². The molecule has 0 aliphatic carbocycles. The van der Waals surface area contributed by atoms with E-state index >= 15 is 0 Å². The lowest BCUT2D eigenvalue weighted by Crippen LogP contribution is -2.27. The number of aromatic nitrogens is 1. The molecule has 0 saturated carbocycles. The lowest BCUT2D eigenvalue weighted by molar-refractivity contribution is -0.123. The lowest BCUT2D eigenvalue weighted by atomic mass is 9.95. The maximum atomic E-state index is 12.6. The van der Waals surface area contributed by atoms with Gasteiger partial charge in [-0.1, -0.05) is 39.0 Å². The number of anilines is 2. The maximum Gasteiger partial charge on any atom is 0.387 e. The number of thiazole rings is 1. The Kier molecular flexibility index (Phi) is 6.65. The van der Waals surface area contributed by atoms with Crippen LogP contribution in [-0.4, -0.2) is 23.4 Å². The molecule has 0 aliphatic heterocycles. The summed E-state index contributed by atoms with van der Waals surface area (Å²) in [7, 11) is 0. The molecule has 162 valence electrons. The lowest BCUT2D eigenvalue weighted by Gasteiger charge is -2.17. The first-order valence-corrected chi connectivity index (χ1v) is 10.2. The van der Waals surface area contributed by atoms with Crippen LogP contribution in [0.3, 0.4) is 0 Å². The molecule has 0 atom stereocenters. The van der Waals surface area contributed by atoms with Crippen molar-refractivity contribution in [1.29, 1.82) is 0 Å². The van der Waals surface area contributed by atoms with E-state index in [9.17, 15) is 18.4 Å². The van der Waals surface area contributed by atoms with Crippen molar-refractivity contribution in [3.63, 3.8) is 0 Å². The van der Waals surface area contributed by atoms with Crippen LogP contribution in [0.4, 0.5) is 19.6 Å². The van der Waals surface area contributed by atoms with Crippen LogP contribution in [0, 0.1) is 5.41 Å². The summed E-state index contributed by atoms with van der Waals surface area (Å²) in [5.74, 6) is -0.577. The molecular formula is C22H21F2N3O3S. The average molecular weight is 445 g/mol. The van der Waals surface area contributed by atoms with Gasteiger partial charge in [-0.3, -0.25) is 14.9 Å². The van der Waals surface area contributed by atoms with E-state index in [1.807, 2.05) is 0 Å². The quantitative estimate of drug-likeness (QED) is 0.514. The van der Waals surface area contributed by atoms with Crippen molar-refractivity contribution in [2.24, 2.45) is 5.41 Å². The van der Waals surface area contributed by atoms with Crippen LogP contribution >= 0.6 is 11.3 Å². The molecule has 0 saturated heterocycles. The number of rotatable bonds is 6. The van der Waals surface area contributed by atoms with E-state index < -0.39 is 17.9 Å². The van der Waals surface area contributed by atoms with E-state index in [0.29, 0.717) is 27.6 Å². The number of benzene rings is 2. The van der Waals surface area contributed by atoms with Crippen molar-refractivity contribution in [2.45, 2.75) is 27.4 Å². The minimum Gasteiger partial charge on any atom is -0.434 e. The molecule has 0 radical (unpaired) electrons. The summed E-state index contributed by atoms with van der Waals surface area (Å²) in [6, 6.07) is 12.8. The average Bonchev–Trinajstić information content (AvgIpc) is 3.15. The highest BCUT2D eigenvalue weighted by atomic mass is 32.1. The van der Waals surface area contributed by atoms with Crippen molar-refractivity contribution < 1.29 is 23.1 Å². The highest BCUT2D eigenvalue weighted by Gasteiger charge is 2.21. The molecule has 0 aliphatic rings. The van der Waals surface area contributed by atoms with Crippen molar-refractivity contribution in [3.8, 4) is 17.0 Å². The SMILES string of the molecule is CC(C)(C)C(=O)Nc1cccc(C(=O)Nc2nc(-c3ccccc3OC(F)F)cs2)c1. The van der Waals surface area contributed by atoms with Crippen LogP contribution in [0.25, 0.3) is 11.3 Å². The monoisotopic (exact) mass is 445 g/mol. The maximum absolute atomic E-state index is 12.6. The molecule has 31 heavy (non-hydrogen) atoms. The number of para-hydroxylation sites is 1. The number of carbonyl (C=O) groups excluding carboxylic acids is 2. The standard InChI is InChI=1S/C22H21F2N3O3S/c1-22(2,3)19(29)25-14-8-6-7-13(11-14)18(28)27-21-26-16(12-31-21)15-9-4-5-10-17(15)30-20(23)24/h4-12,20H,1-3H3,(H,25,29)(H,26,27,28). The number of hydrogen-bond acceptors (Lipinski definition) is 5. The second-order valence-electron chi connectivity index (χ2n) is 7.65. The molecule has 0 bridgehead atoms. The summed E-state index contributed by atoms with van der Waals surface area (Å²) < 4.78 is 29.8. The molecule has 0 fully saturated rings. The Labute approximate surface area is 182 Å². The smallest absolute Gasteiger partial charge is 0.387 e. The Balaban J connectivity index is 1.74. The van der Waals surface area contributed by atoms with Gasteiger partial charge in [0.2, 0.25) is 5.91 Å². The van der Waals surface area contributed by atoms with Gasteiger partial charge in [0.25, 0.3) is 5.91 Å². The third-order valence-corrected chi connectivity index (χ3v) is 4.93. The number of nitrogens with zero attached hydrogens (tertiary/aromatic N) is 1. The molecule has 3 rings (SSSR count). The van der Waals surface area contributed by atoms with Gasteiger partial charge in [0.1, 0.15) is 5.75 Å². The van der Waals surface area contributed by atoms with Gasteiger partial charge in [-0.2, -0.15) is 8.78 Å². The molecule has 0 spiro atoms. The van der Waals surface area contributed by atoms with Gasteiger partial charge in [0.05, 0.1) is 5.69 Å². The number of ether oxygens (including phenoxy) is 1. The summed E-state index contributed by atoms with van der Waals surface area (Å²) >= 11 is 1.16. The number of alkyl halides is 2. The van der Waals surface area contributed by atoms with Crippen LogP contribution in [0.15, 0.2) is 53.9 Å². The van der Waals surface area contributed by atoms with E-state index in [1.165, 1.54) is 6.07 Å². The Morgan fingerprint density at radius 3 is 2.52 bits per heavy atom. The largest absolute Gasteiger partial charge is 0.434 e. The predicted molar refractivity (Wildman–Crippen MR) is 117 cm³/mol. The fourth-order valence-electron chi connectivity index (χ4n) is 2.56. The Morgan fingerprint density at radius 2 is 1.81 bits per heavy atom. The van der Waals surface area contributed by atoms with Gasteiger partial charge in [-0.15, -0.1) is 11.3 Å². The first-order valence-electron chi connectivity index (χ1n) is 9.36. The van der Waals surface area contributed by atoms with E-state index in [2.05, 4.69) is 20.4 Å². The molecule has 2 aromatic carbocycles. The Morgan fingerprint density at radius 1 is 1.06 bits per heavy atom. The molecular weight excluding hydrogens is 424 g/mol. The molecule has 9 heteroatoms. The van der Waals surface area contributed by atoms with Crippen LogP contribution in [0.5, 0.6) is 5.75 Å². The number of amides is 2. The highest BCUT2D eigenvalue weighted by molar-refractivity contribution is 7.14. The van der Waals surface area contributed by atoms with E-state index in [0.717, 1.165) is 11.3 Å². The third-order valence-electron chi connectivity index (χ3n) is 4.17. The van der Waals surface area contributed by atoms with Crippen molar-refractivity contribution in [3.05, 3.63) is 59.5 Å². The topological polar surface area (TPSA) is 80.3 Å². The van der Waals surface area contributed by atoms with Gasteiger partial charge in [0.15, 0.2) is 5.13 Å². The van der Waals surface area contributed by atoms with Gasteiger partial charge in [-0.25, -0.2) is 4.98 Å². The fourth-order valence-corrected chi connectivity index (χ4v) is 3.26. The summed E-state index contributed by atoms with van der Waals surface area (Å²) in [6.07, 6.45) is 0. The fraction of sp³-hybridized carbons (Fsp3) is 0.227. The Hall–Kier alpha value is -3.33. The van der Waals surface area contributed by atoms with Crippen LogP contribution in [0.1, 0.15) is 31.1 Å². The number of halogens is 2. The third kappa shape index (κ3) is 5.85. The minimum absolute atomic E-state index is 0.00275. The summed E-state index contributed by atoms with van der Waals surface area (Å²) in [5.41, 5.74) is 1.07. The van der Waals surface area contributed by atoms with E-state index in [4.69, 9.17) is 0 Å². The molecule has 3 aromatic rings. The summed E-state index contributed by atoms with van der Waals surface area (Å²) in [5, 5.41) is 7.41. The van der Waals surface area contributed by atoms with Crippen LogP contribution in [0.2, 0.25) is 0 Å². The Bertz CT molecular complexity index is 1090. The van der Waals surface area contributed by atoms with Gasteiger partial charge < -0.3 is 10.1 Å². The number of carbonyl (C=O) groups is 2. The summed E-state index contributed by atoms with van der Waals surface area (Å²) in [4.78, 5) is 29.1. The zero-order chi connectivity index (χ0) is 22.6.